The number of imidazole rings is 1. The standard InChI is InChI=1S/C21H24N4O3/c1-13-10-14(2)25(12-15-6-5-9-28-15)21(27)19(13)20(26)22-11-18-23-16-7-3-4-8-17(16)24-18/h3-4,7-8,10,15H,5-6,9,11-12H2,1-2H3,(H,22,26)(H,23,24)/t15-/m0/s1. The molecule has 0 unspecified atom stereocenters. The molecule has 1 atom stereocenters. The van der Waals surface area contributed by atoms with Gasteiger partial charge in [0.05, 0.1) is 30.2 Å². The van der Waals surface area contributed by atoms with Crippen molar-refractivity contribution < 1.29 is 9.53 Å². The first kappa shape index (κ1) is 18.4. The summed E-state index contributed by atoms with van der Waals surface area (Å²) in [7, 11) is 0. The minimum Gasteiger partial charge on any atom is -0.376 e. The summed E-state index contributed by atoms with van der Waals surface area (Å²) in [6.07, 6.45) is 1.98. The number of aromatic amines is 1. The molecule has 1 amide bonds. The van der Waals surface area contributed by atoms with Crippen LogP contribution in [0.3, 0.4) is 0 Å². The van der Waals surface area contributed by atoms with E-state index in [-0.39, 0.29) is 29.7 Å². The van der Waals surface area contributed by atoms with Crippen LogP contribution in [0, 0.1) is 13.8 Å². The van der Waals surface area contributed by atoms with Gasteiger partial charge in [-0.25, -0.2) is 4.98 Å². The number of H-pyrrole nitrogens is 1. The van der Waals surface area contributed by atoms with E-state index in [2.05, 4.69) is 15.3 Å². The highest BCUT2D eigenvalue weighted by Gasteiger charge is 2.22. The monoisotopic (exact) mass is 380 g/mol. The van der Waals surface area contributed by atoms with E-state index in [9.17, 15) is 9.59 Å². The van der Waals surface area contributed by atoms with Crippen LogP contribution >= 0.6 is 0 Å². The maximum Gasteiger partial charge on any atom is 0.263 e. The second-order valence-electron chi connectivity index (χ2n) is 7.28. The van der Waals surface area contributed by atoms with Crippen LogP contribution in [0.15, 0.2) is 35.1 Å². The van der Waals surface area contributed by atoms with Crippen molar-refractivity contribution in [1.82, 2.24) is 19.9 Å². The summed E-state index contributed by atoms with van der Waals surface area (Å²) in [6, 6.07) is 9.56. The average molecular weight is 380 g/mol. The number of amides is 1. The predicted octanol–water partition coefficient (Wildman–Crippen LogP) is 2.45. The van der Waals surface area contributed by atoms with Crippen molar-refractivity contribution in [1.29, 1.82) is 0 Å². The van der Waals surface area contributed by atoms with Crippen LogP contribution in [0.2, 0.25) is 0 Å². The summed E-state index contributed by atoms with van der Waals surface area (Å²) < 4.78 is 7.31. The molecule has 0 bridgehead atoms. The molecule has 1 aliphatic rings. The minimum atomic E-state index is -0.385. The lowest BCUT2D eigenvalue weighted by Crippen LogP contribution is -2.36. The minimum absolute atomic E-state index is 0.0329. The third-order valence-electron chi connectivity index (χ3n) is 5.20. The lowest BCUT2D eigenvalue weighted by molar-refractivity contribution is 0.0925. The van der Waals surface area contributed by atoms with Crippen LogP contribution in [0.1, 0.15) is 40.3 Å². The van der Waals surface area contributed by atoms with Gasteiger partial charge in [-0.1, -0.05) is 12.1 Å². The van der Waals surface area contributed by atoms with Gasteiger partial charge in [-0.15, -0.1) is 0 Å². The second kappa shape index (κ2) is 7.59. The lowest BCUT2D eigenvalue weighted by atomic mass is 10.1. The quantitative estimate of drug-likeness (QED) is 0.712. The Morgan fingerprint density at radius 2 is 2.18 bits per heavy atom. The van der Waals surface area contributed by atoms with Crippen LogP contribution in [-0.2, 0) is 17.8 Å². The number of fused-ring (bicyclic) bond motifs is 1. The van der Waals surface area contributed by atoms with Gasteiger partial charge in [-0.05, 0) is 50.5 Å². The van der Waals surface area contributed by atoms with E-state index in [0.29, 0.717) is 17.9 Å². The van der Waals surface area contributed by atoms with Gasteiger partial charge >= 0.3 is 0 Å². The molecule has 1 aromatic carbocycles. The number of pyridine rings is 1. The molecule has 0 saturated carbocycles. The number of nitrogens with one attached hydrogen (secondary N) is 2. The first-order valence-electron chi connectivity index (χ1n) is 9.57. The van der Waals surface area contributed by atoms with Crippen molar-refractivity contribution in [2.75, 3.05) is 6.61 Å². The van der Waals surface area contributed by atoms with E-state index in [1.165, 1.54) is 0 Å². The highest BCUT2D eigenvalue weighted by molar-refractivity contribution is 5.95. The van der Waals surface area contributed by atoms with Gasteiger partial charge < -0.3 is 19.6 Å². The molecule has 146 valence electrons. The first-order chi connectivity index (χ1) is 13.5. The molecule has 3 heterocycles. The summed E-state index contributed by atoms with van der Waals surface area (Å²) in [5, 5.41) is 2.82. The molecule has 1 saturated heterocycles. The number of ether oxygens (including phenoxy) is 1. The van der Waals surface area contributed by atoms with Crippen LogP contribution in [0.25, 0.3) is 11.0 Å². The van der Waals surface area contributed by atoms with E-state index in [0.717, 1.165) is 36.2 Å². The van der Waals surface area contributed by atoms with E-state index < -0.39 is 0 Å². The highest BCUT2D eigenvalue weighted by atomic mass is 16.5. The number of hydrogen-bond donors (Lipinski definition) is 2. The highest BCUT2D eigenvalue weighted by Crippen LogP contribution is 2.15. The third-order valence-corrected chi connectivity index (χ3v) is 5.20. The molecule has 7 heteroatoms. The van der Waals surface area contributed by atoms with Gasteiger partial charge in [0.25, 0.3) is 11.5 Å². The molecule has 0 aliphatic carbocycles. The molecule has 0 radical (unpaired) electrons. The van der Waals surface area contributed by atoms with Crippen molar-refractivity contribution in [2.24, 2.45) is 0 Å². The van der Waals surface area contributed by atoms with Crippen molar-refractivity contribution in [3.8, 4) is 0 Å². The predicted molar refractivity (Wildman–Crippen MR) is 106 cm³/mol. The van der Waals surface area contributed by atoms with Crippen LogP contribution in [-0.4, -0.2) is 33.2 Å². The molecule has 7 nitrogen and oxygen atoms in total. The number of aromatic nitrogens is 3. The van der Waals surface area contributed by atoms with Crippen LogP contribution < -0.4 is 10.9 Å². The smallest absolute Gasteiger partial charge is 0.263 e. The average Bonchev–Trinajstić information content (AvgIpc) is 3.32. The molecular formula is C21H24N4O3. The Morgan fingerprint density at radius 3 is 2.93 bits per heavy atom. The fourth-order valence-electron chi connectivity index (χ4n) is 3.76. The Hall–Kier alpha value is -2.93. The zero-order chi connectivity index (χ0) is 19.7. The van der Waals surface area contributed by atoms with Gasteiger partial charge in [-0.3, -0.25) is 9.59 Å². The van der Waals surface area contributed by atoms with E-state index in [4.69, 9.17) is 4.74 Å². The molecule has 3 aromatic rings. The largest absolute Gasteiger partial charge is 0.376 e. The van der Waals surface area contributed by atoms with Gasteiger partial charge in [0.15, 0.2) is 0 Å². The molecule has 1 aliphatic heterocycles. The van der Waals surface area contributed by atoms with E-state index in [1.54, 1.807) is 11.5 Å². The second-order valence-corrected chi connectivity index (χ2v) is 7.28. The number of benzene rings is 1. The van der Waals surface area contributed by atoms with Crippen molar-refractivity contribution in [2.45, 2.75) is 45.9 Å². The van der Waals surface area contributed by atoms with E-state index in [1.807, 2.05) is 37.3 Å². The molecule has 0 spiro atoms. The Bertz CT molecular complexity index is 1040. The Kier molecular flexibility index (Phi) is 5.00. The SMILES string of the molecule is Cc1cc(C)n(C[C@@H]2CCCO2)c(=O)c1C(=O)NCc1nc2ccccc2[nH]1. The zero-order valence-corrected chi connectivity index (χ0v) is 16.1. The van der Waals surface area contributed by atoms with Crippen molar-refractivity contribution >= 4 is 16.9 Å². The summed E-state index contributed by atoms with van der Waals surface area (Å²) in [4.78, 5) is 33.4. The number of carbonyl (C=O) groups excluding carboxylic acids is 1. The zero-order valence-electron chi connectivity index (χ0n) is 16.1. The van der Waals surface area contributed by atoms with Gasteiger partial charge in [-0.2, -0.15) is 0 Å². The maximum absolute atomic E-state index is 13.0. The fourth-order valence-corrected chi connectivity index (χ4v) is 3.76. The van der Waals surface area contributed by atoms with Gasteiger partial charge in [0.2, 0.25) is 0 Å². The van der Waals surface area contributed by atoms with Gasteiger partial charge in [0, 0.05) is 12.3 Å². The first-order valence-corrected chi connectivity index (χ1v) is 9.57. The van der Waals surface area contributed by atoms with Crippen LogP contribution in [0.4, 0.5) is 0 Å². The summed E-state index contributed by atoms with van der Waals surface area (Å²) in [5.74, 6) is 0.267. The van der Waals surface area contributed by atoms with Crippen molar-refractivity contribution in [3.05, 3.63) is 63.3 Å². The molecule has 4 rings (SSSR count). The Balaban J connectivity index is 1.55. The normalized spacial score (nSPS) is 16.6. The number of aryl methyl sites for hydroxylation is 2. The Morgan fingerprint density at radius 1 is 1.36 bits per heavy atom. The number of nitrogens with zero attached hydrogens (tertiary/aromatic N) is 2. The number of hydrogen-bond acceptors (Lipinski definition) is 4. The van der Waals surface area contributed by atoms with Gasteiger partial charge in [0.1, 0.15) is 11.4 Å². The van der Waals surface area contributed by atoms with Crippen LogP contribution in [0.5, 0.6) is 0 Å². The molecule has 28 heavy (non-hydrogen) atoms. The topological polar surface area (TPSA) is 89.0 Å². The number of rotatable bonds is 5. The number of carbonyl (C=O) groups is 1. The van der Waals surface area contributed by atoms with Crippen molar-refractivity contribution in [3.63, 3.8) is 0 Å². The Labute approximate surface area is 162 Å². The molecular weight excluding hydrogens is 356 g/mol. The molecule has 2 N–H and O–H groups in total. The summed E-state index contributed by atoms with van der Waals surface area (Å²) >= 11 is 0. The lowest BCUT2D eigenvalue weighted by Gasteiger charge is -2.17. The fraction of sp³-hybridized carbons (Fsp3) is 0.381. The van der Waals surface area contributed by atoms with E-state index >= 15 is 0 Å². The summed E-state index contributed by atoms with van der Waals surface area (Å²) in [6.45, 7) is 5.12. The maximum atomic E-state index is 13.0. The number of para-hydroxylation sites is 2. The summed E-state index contributed by atoms with van der Waals surface area (Å²) in [5.41, 5.74) is 3.18. The third kappa shape index (κ3) is 3.57. The molecule has 2 aromatic heterocycles. The molecule has 1 fully saturated rings.